The van der Waals surface area contributed by atoms with Crippen LogP contribution in [0.15, 0.2) is 53.9 Å². The molecule has 0 aliphatic carbocycles. The number of thiazole rings is 1. The predicted molar refractivity (Wildman–Crippen MR) is 101 cm³/mol. The second-order valence-electron chi connectivity index (χ2n) is 5.83. The van der Waals surface area contributed by atoms with Gasteiger partial charge in [0, 0.05) is 17.5 Å². The van der Waals surface area contributed by atoms with E-state index in [0.717, 1.165) is 27.4 Å². The molecule has 1 aromatic heterocycles. The largest absolute Gasteiger partial charge is 0.484 e. The molecule has 0 radical (unpaired) electrons. The summed E-state index contributed by atoms with van der Waals surface area (Å²) in [7, 11) is 0. The Balaban J connectivity index is 1.48. The fraction of sp³-hybridized carbons (Fsp3) is 0.200. The van der Waals surface area contributed by atoms with E-state index in [1.54, 1.807) is 11.3 Å². The number of rotatable bonds is 6. The van der Waals surface area contributed by atoms with Gasteiger partial charge in [0.2, 0.25) is 0 Å². The van der Waals surface area contributed by atoms with Crippen molar-refractivity contribution in [1.29, 1.82) is 0 Å². The molecule has 128 valence electrons. The zero-order valence-corrected chi connectivity index (χ0v) is 15.1. The van der Waals surface area contributed by atoms with Gasteiger partial charge in [0.1, 0.15) is 5.75 Å². The number of nitrogens with one attached hydrogen (secondary N) is 1. The number of benzene rings is 2. The van der Waals surface area contributed by atoms with Crippen molar-refractivity contribution in [2.75, 3.05) is 6.61 Å². The smallest absolute Gasteiger partial charge is 0.258 e. The third-order valence-corrected chi connectivity index (χ3v) is 4.49. The zero-order chi connectivity index (χ0) is 17.6. The minimum Gasteiger partial charge on any atom is -0.484 e. The van der Waals surface area contributed by atoms with Gasteiger partial charge in [-0.05, 0) is 37.1 Å². The number of hydrogen-bond donors (Lipinski definition) is 1. The number of ether oxygens (including phenoxy) is 1. The molecule has 0 spiro atoms. The normalized spacial score (nSPS) is 10.5. The first kappa shape index (κ1) is 17.2. The molecule has 2 aromatic carbocycles. The molecule has 1 amide bonds. The molecular formula is C20H20N2O2S. The Morgan fingerprint density at radius 3 is 2.64 bits per heavy atom. The third kappa shape index (κ3) is 4.90. The Morgan fingerprint density at radius 1 is 1.16 bits per heavy atom. The molecule has 1 N–H and O–H groups in total. The molecule has 0 unspecified atom stereocenters. The van der Waals surface area contributed by atoms with Crippen molar-refractivity contribution < 1.29 is 9.53 Å². The van der Waals surface area contributed by atoms with Gasteiger partial charge >= 0.3 is 0 Å². The first-order valence-electron chi connectivity index (χ1n) is 8.08. The predicted octanol–water partition coefficient (Wildman–Crippen LogP) is 4.12. The van der Waals surface area contributed by atoms with Crippen LogP contribution in [0.5, 0.6) is 5.75 Å². The molecule has 0 saturated heterocycles. The quantitative estimate of drug-likeness (QED) is 0.726. The minimum absolute atomic E-state index is 0.0135. The summed E-state index contributed by atoms with van der Waals surface area (Å²) in [5, 5.41) is 5.98. The zero-order valence-electron chi connectivity index (χ0n) is 14.3. The number of amides is 1. The average Bonchev–Trinajstić information content (AvgIpc) is 3.05. The lowest BCUT2D eigenvalue weighted by Gasteiger charge is -2.08. The van der Waals surface area contributed by atoms with E-state index >= 15 is 0 Å². The van der Waals surface area contributed by atoms with Crippen LogP contribution in [0.4, 0.5) is 0 Å². The van der Waals surface area contributed by atoms with Crippen molar-refractivity contribution >= 4 is 17.2 Å². The SMILES string of the molecule is Cc1cccc(OCC(=O)NCc2ccc(-c3csc(C)n3)cc2)c1. The summed E-state index contributed by atoms with van der Waals surface area (Å²) in [6.45, 7) is 4.48. The van der Waals surface area contributed by atoms with Crippen molar-refractivity contribution in [3.8, 4) is 17.0 Å². The van der Waals surface area contributed by atoms with Crippen LogP contribution in [0, 0.1) is 13.8 Å². The molecule has 0 atom stereocenters. The van der Waals surface area contributed by atoms with Crippen molar-refractivity contribution in [2.45, 2.75) is 20.4 Å². The number of nitrogens with zero attached hydrogens (tertiary/aromatic N) is 1. The maximum absolute atomic E-state index is 11.9. The van der Waals surface area contributed by atoms with Crippen LogP contribution in [0.3, 0.4) is 0 Å². The highest BCUT2D eigenvalue weighted by atomic mass is 32.1. The highest BCUT2D eigenvalue weighted by Gasteiger charge is 2.05. The molecule has 0 fully saturated rings. The van der Waals surface area contributed by atoms with Crippen LogP contribution in [-0.4, -0.2) is 17.5 Å². The van der Waals surface area contributed by atoms with Gasteiger partial charge in [-0.3, -0.25) is 4.79 Å². The summed E-state index contributed by atoms with van der Waals surface area (Å²) < 4.78 is 5.50. The lowest BCUT2D eigenvalue weighted by atomic mass is 10.1. The number of aryl methyl sites for hydroxylation is 2. The van der Waals surface area contributed by atoms with Gasteiger partial charge in [0.25, 0.3) is 5.91 Å². The maximum Gasteiger partial charge on any atom is 0.258 e. The third-order valence-electron chi connectivity index (χ3n) is 3.72. The lowest BCUT2D eigenvalue weighted by molar-refractivity contribution is -0.123. The summed E-state index contributed by atoms with van der Waals surface area (Å²) in [6, 6.07) is 15.7. The van der Waals surface area contributed by atoms with Crippen LogP contribution in [0.1, 0.15) is 16.1 Å². The van der Waals surface area contributed by atoms with Crippen LogP contribution < -0.4 is 10.1 Å². The Labute approximate surface area is 151 Å². The number of aromatic nitrogens is 1. The van der Waals surface area contributed by atoms with E-state index in [0.29, 0.717) is 12.3 Å². The minimum atomic E-state index is -0.138. The van der Waals surface area contributed by atoms with E-state index in [-0.39, 0.29) is 12.5 Å². The van der Waals surface area contributed by atoms with Gasteiger partial charge in [-0.25, -0.2) is 4.98 Å². The van der Waals surface area contributed by atoms with E-state index in [9.17, 15) is 4.79 Å². The molecule has 0 aliphatic rings. The van der Waals surface area contributed by atoms with E-state index < -0.39 is 0 Å². The van der Waals surface area contributed by atoms with E-state index in [1.165, 1.54) is 0 Å². The van der Waals surface area contributed by atoms with Gasteiger partial charge in [0.05, 0.1) is 10.7 Å². The molecule has 3 rings (SSSR count). The molecule has 5 heteroatoms. The van der Waals surface area contributed by atoms with Gasteiger partial charge in [0.15, 0.2) is 6.61 Å². The van der Waals surface area contributed by atoms with Crippen LogP contribution >= 0.6 is 11.3 Å². The average molecular weight is 352 g/mol. The Kier molecular flexibility index (Phi) is 5.46. The molecule has 0 aliphatic heterocycles. The highest BCUT2D eigenvalue weighted by molar-refractivity contribution is 7.09. The van der Waals surface area contributed by atoms with Crippen molar-refractivity contribution in [3.05, 3.63) is 70.0 Å². The fourth-order valence-corrected chi connectivity index (χ4v) is 3.02. The van der Waals surface area contributed by atoms with Gasteiger partial charge in [-0.15, -0.1) is 11.3 Å². The lowest BCUT2D eigenvalue weighted by Crippen LogP contribution is -2.28. The maximum atomic E-state index is 11.9. The second kappa shape index (κ2) is 7.94. The number of carbonyl (C=O) groups excluding carboxylic acids is 1. The highest BCUT2D eigenvalue weighted by Crippen LogP contribution is 2.21. The van der Waals surface area contributed by atoms with E-state index in [4.69, 9.17) is 4.74 Å². The first-order chi connectivity index (χ1) is 12.1. The van der Waals surface area contributed by atoms with Crippen molar-refractivity contribution in [3.63, 3.8) is 0 Å². The Bertz CT molecular complexity index is 856. The molecule has 4 nitrogen and oxygen atoms in total. The second-order valence-corrected chi connectivity index (χ2v) is 6.89. The van der Waals surface area contributed by atoms with Crippen LogP contribution in [0.2, 0.25) is 0 Å². The summed E-state index contributed by atoms with van der Waals surface area (Å²) >= 11 is 1.64. The summed E-state index contributed by atoms with van der Waals surface area (Å²) in [5.41, 5.74) is 4.22. The van der Waals surface area contributed by atoms with Gasteiger partial charge in [-0.1, -0.05) is 36.4 Å². The van der Waals surface area contributed by atoms with Gasteiger partial charge < -0.3 is 10.1 Å². The summed E-state index contributed by atoms with van der Waals surface area (Å²) in [5.74, 6) is 0.568. The topological polar surface area (TPSA) is 51.2 Å². The first-order valence-corrected chi connectivity index (χ1v) is 8.96. The summed E-state index contributed by atoms with van der Waals surface area (Å²) in [4.78, 5) is 16.4. The van der Waals surface area contributed by atoms with Crippen LogP contribution in [-0.2, 0) is 11.3 Å². The van der Waals surface area contributed by atoms with Crippen molar-refractivity contribution in [2.24, 2.45) is 0 Å². The molecule has 25 heavy (non-hydrogen) atoms. The molecule has 0 bridgehead atoms. The van der Waals surface area contributed by atoms with Gasteiger partial charge in [-0.2, -0.15) is 0 Å². The molecule has 1 heterocycles. The molecular weight excluding hydrogens is 332 g/mol. The monoisotopic (exact) mass is 352 g/mol. The van der Waals surface area contributed by atoms with Crippen molar-refractivity contribution in [1.82, 2.24) is 10.3 Å². The molecule has 0 saturated carbocycles. The summed E-state index contributed by atoms with van der Waals surface area (Å²) in [6.07, 6.45) is 0. The standard InChI is InChI=1S/C20H20N2O2S/c1-14-4-3-5-18(10-14)24-12-20(23)21-11-16-6-8-17(9-7-16)19-13-25-15(2)22-19/h3-10,13H,11-12H2,1-2H3,(H,21,23). The van der Waals surface area contributed by atoms with E-state index in [2.05, 4.69) is 15.7 Å². The fourth-order valence-electron chi connectivity index (χ4n) is 2.40. The molecule has 3 aromatic rings. The Morgan fingerprint density at radius 2 is 1.96 bits per heavy atom. The number of carbonyl (C=O) groups is 1. The number of hydrogen-bond acceptors (Lipinski definition) is 4. The van der Waals surface area contributed by atoms with Crippen LogP contribution in [0.25, 0.3) is 11.3 Å². The Hall–Kier alpha value is -2.66. The van der Waals surface area contributed by atoms with E-state index in [1.807, 2.05) is 62.4 Å².